The van der Waals surface area contributed by atoms with Crippen molar-refractivity contribution in [3.8, 4) is 111 Å². The van der Waals surface area contributed by atoms with Crippen molar-refractivity contribution in [3.05, 3.63) is 562 Å². The van der Waals surface area contributed by atoms with Gasteiger partial charge in [-0.3, -0.25) is 0 Å². The highest BCUT2D eigenvalue weighted by atomic mass is 32.1. The van der Waals surface area contributed by atoms with Gasteiger partial charge in [0.2, 0.25) is 0 Å². The number of fused-ring (bicyclic) bond motifs is 12. The number of hydrogen-bond acceptors (Lipinski definition) is 4. The monoisotopic (exact) mass is 1850 g/mol. The van der Waals surface area contributed by atoms with Crippen LogP contribution in [-0.2, 0) is 10.8 Å². The molecule has 0 atom stereocenters. The van der Waals surface area contributed by atoms with Crippen LogP contribution < -0.4 is 14.7 Å². The summed E-state index contributed by atoms with van der Waals surface area (Å²) in [6.07, 6.45) is 0. The Balaban J connectivity index is 0.000000116. The minimum Gasteiger partial charge on any atom is -0.310 e. The lowest BCUT2D eigenvalue weighted by atomic mass is 9.81. The Bertz CT molecular complexity index is 8830. The smallest absolute Gasteiger partial charge is 0.0555 e. The van der Waals surface area contributed by atoms with Crippen LogP contribution in [-0.4, -0.2) is 0 Å². The summed E-state index contributed by atoms with van der Waals surface area (Å²) in [4.78, 5) is 7.39. The first-order valence-corrected chi connectivity index (χ1v) is 50.4. The van der Waals surface area contributed by atoms with E-state index in [2.05, 4.69) is 583 Å². The van der Waals surface area contributed by atoms with Crippen molar-refractivity contribution >= 4 is 115 Å². The van der Waals surface area contributed by atoms with E-state index in [1.165, 1.54) is 197 Å². The normalized spacial score (nSPS) is 12.3. The maximum atomic E-state index is 2.47. The van der Waals surface area contributed by atoms with Gasteiger partial charge in [0.05, 0.1) is 22.7 Å². The van der Waals surface area contributed by atoms with E-state index < -0.39 is 0 Å². The van der Waals surface area contributed by atoms with E-state index in [0.717, 1.165) is 45.5 Å². The fraction of sp³-hybridized carbons (Fsp3) is 0.0504. The minimum absolute atomic E-state index is 0.114. The van der Waals surface area contributed by atoms with Crippen LogP contribution in [0.15, 0.2) is 534 Å². The van der Waals surface area contributed by atoms with Crippen LogP contribution in [0, 0.1) is 6.92 Å². The van der Waals surface area contributed by atoms with Crippen molar-refractivity contribution in [3.63, 3.8) is 0 Å². The molecular formula is C139H103N3S. The number of para-hydroxylation sites is 2. The Kier molecular flexibility index (Phi) is 23.2. The Morgan fingerprint density at radius 1 is 0.168 bits per heavy atom. The van der Waals surface area contributed by atoms with Crippen molar-refractivity contribution < 1.29 is 0 Å². The van der Waals surface area contributed by atoms with Gasteiger partial charge in [0, 0.05) is 75.6 Å². The summed E-state index contributed by atoms with van der Waals surface area (Å²) < 4.78 is 2.60. The second-order valence-corrected chi connectivity index (χ2v) is 39.6. The van der Waals surface area contributed by atoms with Gasteiger partial charge < -0.3 is 14.7 Å². The summed E-state index contributed by atoms with van der Waals surface area (Å²) >= 11 is 1.86. The van der Waals surface area contributed by atoms with E-state index >= 15 is 0 Å². The largest absolute Gasteiger partial charge is 0.310 e. The molecule has 0 spiro atoms. The van der Waals surface area contributed by atoms with Gasteiger partial charge in [-0.15, -0.1) is 11.3 Å². The average Bonchev–Trinajstić information content (AvgIpc) is 1.46. The van der Waals surface area contributed by atoms with Crippen molar-refractivity contribution in [2.45, 2.75) is 45.4 Å². The fourth-order valence-electron chi connectivity index (χ4n) is 22.3. The van der Waals surface area contributed by atoms with E-state index in [1.54, 1.807) is 0 Å². The summed E-state index contributed by atoms with van der Waals surface area (Å²) in [5.41, 5.74) is 41.7. The zero-order chi connectivity index (χ0) is 96.1. The third kappa shape index (κ3) is 16.3. The lowest BCUT2D eigenvalue weighted by molar-refractivity contribution is 0.660. The Hall–Kier alpha value is -17.5. The Morgan fingerprint density at radius 2 is 0.455 bits per heavy atom. The number of nitrogens with zero attached hydrogens (tertiary/aromatic N) is 3. The van der Waals surface area contributed by atoms with Crippen molar-refractivity contribution in [1.29, 1.82) is 0 Å². The quantitative estimate of drug-likeness (QED) is 0.0900. The van der Waals surface area contributed by atoms with Crippen molar-refractivity contribution in [1.82, 2.24) is 0 Å². The maximum Gasteiger partial charge on any atom is 0.0555 e. The van der Waals surface area contributed by atoms with Gasteiger partial charge in [0.25, 0.3) is 0 Å². The van der Waals surface area contributed by atoms with Crippen LogP contribution in [0.3, 0.4) is 0 Å². The molecule has 1 heterocycles. The molecule has 0 unspecified atom stereocenters. The van der Waals surface area contributed by atoms with Gasteiger partial charge in [0.15, 0.2) is 0 Å². The zero-order valence-electron chi connectivity index (χ0n) is 80.6. The molecule has 0 radical (unpaired) electrons. The van der Waals surface area contributed by atoms with Crippen LogP contribution in [0.5, 0.6) is 0 Å². The van der Waals surface area contributed by atoms with E-state index in [0.29, 0.717) is 0 Å². The predicted octanol–water partition coefficient (Wildman–Crippen LogP) is 39.6. The molecule has 0 saturated heterocycles. The molecule has 26 rings (SSSR count). The molecule has 2 aliphatic rings. The summed E-state index contributed by atoms with van der Waals surface area (Å²) in [7, 11) is 0. The highest BCUT2D eigenvalue weighted by Gasteiger charge is 2.39. The fourth-order valence-corrected chi connectivity index (χ4v) is 23.4. The molecule has 143 heavy (non-hydrogen) atoms. The van der Waals surface area contributed by atoms with E-state index in [4.69, 9.17) is 0 Å². The molecule has 1 aromatic heterocycles. The van der Waals surface area contributed by atoms with Crippen LogP contribution in [0.2, 0.25) is 0 Å². The molecule has 3 nitrogen and oxygen atoms in total. The first kappa shape index (κ1) is 88.2. The van der Waals surface area contributed by atoms with Crippen LogP contribution >= 0.6 is 11.3 Å². The zero-order valence-corrected chi connectivity index (χ0v) is 81.4. The topological polar surface area (TPSA) is 9.72 Å². The molecule has 4 heteroatoms. The van der Waals surface area contributed by atoms with Crippen LogP contribution in [0.25, 0.3) is 164 Å². The summed E-state index contributed by atoms with van der Waals surface area (Å²) in [5.74, 6) is 0. The predicted molar refractivity (Wildman–Crippen MR) is 612 cm³/mol. The lowest BCUT2D eigenvalue weighted by Gasteiger charge is -2.30. The summed E-state index contributed by atoms with van der Waals surface area (Å²) in [5, 5.41) is 9.93. The van der Waals surface area contributed by atoms with Crippen LogP contribution in [0.1, 0.15) is 55.5 Å². The second-order valence-electron chi connectivity index (χ2n) is 38.5. The SMILES string of the molecule is CC1(C)c2cc(-c3ccccc3)ccc2-c2ccc(N(c3ccccc3)c3cc(-c4ccccc4)c(-c4ccccc4)c4ccccc34)cc21.Cc1ccc(-c2ccc(N(c3ccc4c(c3)C(C)(C)c3ccccc3-4)c3cc(-c4ccccc4)c(-c4ccccc4)c4ccccc34)cc2)cc1.c1ccc(-c2cc(N(c3ccccc3)c3cccc4sc5ccccc5c34)c3ccccc3c2-c2ccccc2)cc1. The molecule has 0 N–H and O–H groups in total. The minimum atomic E-state index is -0.164. The van der Waals surface area contributed by atoms with Gasteiger partial charge >= 0.3 is 0 Å². The van der Waals surface area contributed by atoms with Gasteiger partial charge in [-0.25, -0.2) is 0 Å². The molecule has 0 aliphatic heterocycles. The first-order chi connectivity index (χ1) is 70.4. The van der Waals surface area contributed by atoms with E-state index in [9.17, 15) is 0 Å². The summed E-state index contributed by atoms with van der Waals surface area (Å²) in [6, 6.07) is 195. The van der Waals surface area contributed by atoms with Crippen LogP contribution in [0.4, 0.5) is 51.2 Å². The number of benzene rings is 23. The number of thiophene rings is 1. The number of anilines is 9. The molecule has 2 aliphatic carbocycles. The van der Waals surface area contributed by atoms with Gasteiger partial charge in [-0.05, 0) is 260 Å². The highest BCUT2D eigenvalue weighted by Crippen LogP contribution is 2.58. The highest BCUT2D eigenvalue weighted by molar-refractivity contribution is 7.26. The molecule has 23 aromatic carbocycles. The standard InChI is InChI=1S/C50H39N.C49H37N.C40H27NS/c1-34-22-24-35(25-23-34)36-26-28-39(29-27-36)51(40-30-31-42-41-18-12-13-21-46(41)50(2,3)47(42)32-40)48-33-45(37-14-6-4-7-15-37)49(38-16-8-5-9-17-38)44-20-11-10-19-43(44)48;1-49(2)45-31-37(34-17-7-3-8-18-34)27-29-40(45)41-30-28-39(32-46(41)49)50(38-23-13-6-14-24-38)47-33-44(35-19-9-4-10-20-35)48(36-21-11-5-12-22-36)43-26-16-15-25-42(43)47;1-4-15-28(16-5-1)34-27-36(31-21-10-11-22-32(31)39(34)29-17-6-2-7-18-29)41(30-19-8-3-9-20-30)35-24-14-26-38-40(35)33-23-12-13-25-37(33)42-38/h4-33H,1-3H3;3-33H,1-2H3;1-27H. The van der Waals surface area contributed by atoms with Crippen molar-refractivity contribution in [2.24, 2.45) is 0 Å². The molecule has 0 saturated carbocycles. The molecule has 24 aromatic rings. The molecule has 0 amide bonds. The number of hydrogen-bond donors (Lipinski definition) is 0. The molecule has 0 bridgehead atoms. The summed E-state index contributed by atoms with van der Waals surface area (Å²) in [6.45, 7) is 11.6. The Labute approximate surface area is 841 Å². The Morgan fingerprint density at radius 3 is 0.888 bits per heavy atom. The van der Waals surface area contributed by atoms with E-state index in [1.807, 2.05) is 11.3 Å². The molecule has 0 fully saturated rings. The maximum absolute atomic E-state index is 2.47. The lowest BCUT2D eigenvalue weighted by Crippen LogP contribution is -2.17. The van der Waals surface area contributed by atoms with E-state index in [-0.39, 0.29) is 10.8 Å². The number of rotatable bonds is 17. The average molecular weight is 1850 g/mol. The second kappa shape index (κ2) is 37.7. The third-order valence-corrected chi connectivity index (χ3v) is 30.4. The van der Waals surface area contributed by atoms with Gasteiger partial charge in [-0.2, -0.15) is 0 Å². The first-order valence-electron chi connectivity index (χ1n) is 49.6. The molecular weight excluding hydrogens is 1740 g/mol. The van der Waals surface area contributed by atoms with Crippen molar-refractivity contribution in [2.75, 3.05) is 14.7 Å². The number of aryl methyl sites for hydroxylation is 1. The van der Waals surface area contributed by atoms with Gasteiger partial charge in [-0.1, -0.05) is 464 Å². The van der Waals surface area contributed by atoms with Gasteiger partial charge in [0.1, 0.15) is 0 Å². The molecule has 680 valence electrons. The third-order valence-electron chi connectivity index (χ3n) is 29.2.